The van der Waals surface area contributed by atoms with Gasteiger partial charge in [0, 0.05) is 23.5 Å². The summed E-state index contributed by atoms with van der Waals surface area (Å²) in [4.78, 5) is 25.5. The molecule has 0 saturated heterocycles. The molecule has 186 valence electrons. The number of benzene rings is 2. The Labute approximate surface area is 205 Å². The Kier molecular flexibility index (Phi) is 8.41. The van der Waals surface area contributed by atoms with Crippen LogP contribution in [0.4, 0.5) is 0 Å². The summed E-state index contributed by atoms with van der Waals surface area (Å²) in [6, 6.07) is 12.7. The number of carbonyl (C=O) groups excluding carboxylic acids is 2. The highest BCUT2D eigenvalue weighted by Crippen LogP contribution is 2.38. The van der Waals surface area contributed by atoms with Crippen molar-refractivity contribution in [3.63, 3.8) is 0 Å². The van der Waals surface area contributed by atoms with E-state index in [-0.39, 0.29) is 18.0 Å². The van der Waals surface area contributed by atoms with E-state index in [0.29, 0.717) is 22.8 Å². The minimum Gasteiger partial charge on any atom is -0.497 e. The Balaban J connectivity index is 1.67. The molecule has 1 aromatic heterocycles. The molecule has 1 heterocycles. The predicted molar refractivity (Wildman–Crippen MR) is 131 cm³/mol. The van der Waals surface area contributed by atoms with E-state index in [0.717, 1.165) is 30.1 Å². The van der Waals surface area contributed by atoms with Gasteiger partial charge in [0.25, 0.3) is 0 Å². The number of esters is 1. The highest BCUT2D eigenvalue weighted by molar-refractivity contribution is 6.00. The number of nitrogens with zero attached hydrogens (tertiary/aromatic N) is 1. The van der Waals surface area contributed by atoms with Crippen LogP contribution in [0, 0.1) is 13.8 Å². The molecule has 0 spiro atoms. The number of aryl methyl sites for hydroxylation is 2. The Morgan fingerprint density at radius 1 is 0.829 bits per heavy atom. The van der Waals surface area contributed by atoms with Gasteiger partial charge >= 0.3 is 5.97 Å². The second kappa shape index (κ2) is 11.5. The number of hydrogen-bond acceptors (Lipinski definition) is 7. The maximum Gasteiger partial charge on any atom is 0.338 e. The van der Waals surface area contributed by atoms with E-state index in [9.17, 15) is 9.59 Å². The molecular formula is C27H31NO7. The molecule has 0 atom stereocenters. The van der Waals surface area contributed by atoms with Crippen molar-refractivity contribution in [2.24, 2.45) is 0 Å². The van der Waals surface area contributed by atoms with E-state index in [2.05, 4.69) is 4.57 Å². The number of carbonyl (C=O) groups is 2. The lowest BCUT2D eigenvalue weighted by atomic mass is 10.1. The van der Waals surface area contributed by atoms with E-state index >= 15 is 0 Å². The molecule has 8 nitrogen and oxygen atoms in total. The lowest BCUT2D eigenvalue weighted by Gasteiger charge is -2.13. The molecule has 0 aliphatic heterocycles. The number of ether oxygens (including phenoxy) is 5. The average Bonchev–Trinajstić information content (AvgIpc) is 3.17. The van der Waals surface area contributed by atoms with Gasteiger partial charge < -0.3 is 28.3 Å². The summed E-state index contributed by atoms with van der Waals surface area (Å²) < 4.78 is 28.4. The number of rotatable bonds is 11. The smallest absolute Gasteiger partial charge is 0.338 e. The fraction of sp³-hybridized carbons (Fsp3) is 0.333. The van der Waals surface area contributed by atoms with Crippen LogP contribution in [0.5, 0.6) is 23.0 Å². The van der Waals surface area contributed by atoms with Crippen molar-refractivity contribution in [3.05, 3.63) is 70.5 Å². The number of Topliss-reactive ketones (excluding diaryl/α,β-unsaturated/α-hetero) is 1. The van der Waals surface area contributed by atoms with Crippen LogP contribution in [0.2, 0.25) is 0 Å². The van der Waals surface area contributed by atoms with Crippen LogP contribution >= 0.6 is 0 Å². The van der Waals surface area contributed by atoms with Crippen molar-refractivity contribution >= 4 is 11.8 Å². The number of methoxy groups -OCH3 is 4. The normalized spacial score (nSPS) is 10.6. The molecule has 0 amide bonds. The standard InChI is InChI=1S/C27H31NO7/c1-17-13-22(18(2)28(17)12-11-19-7-9-21(31-3)10-8-19)23(29)16-35-27(30)20-14-24(32-4)26(34-6)25(15-20)33-5/h7-10,13-15H,11-12,16H2,1-6H3. The largest absolute Gasteiger partial charge is 0.497 e. The molecule has 35 heavy (non-hydrogen) atoms. The molecule has 0 N–H and O–H groups in total. The third-order valence-electron chi connectivity index (χ3n) is 5.89. The second-order valence-corrected chi connectivity index (χ2v) is 7.95. The summed E-state index contributed by atoms with van der Waals surface area (Å²) >= 11 is 0. The minimum atomic E-state index is -0.661. The van der Waals surface area contributed by atoms with E-state index in [1.165, 1.54) is 39.0 Å². The van der Waals surface area contributed by atoms with Crippen molar-refractivity contribution in [3.8, 4) is 23.0 Å². The SMILES string of the molecule is COc1ccc(CCn2c(C)cc(C(=O)COC(=O)c3cc(OC)c(OC)c(OC)c3)c2C)cc1. The van der Waals surface area contributed by atoms with Crippen LogP contribution in [0.15, 0.2) is 42.5 Å². The molecule has 0 bridgehead atoms. The lowest BCUT2D eigenvalue weighted by Crippen LogP contribution is -2.15. The Morgan fingerprint density at radius 3 is 2.00 bits per heavy atom. The maximum absolute atomic E-state index is 12.9. The zero-order valence-electron chi connectivity index (χ0n) is 21.0. The first-order chi connectivity index (χ1) is 16.8. The summed E-state index contributed by atoms with van der Waals surface area (Å²) in [6.07, 6.45) is 0.810. The van der Waals surface area contributed by atoms with Gasteiger partial charge in [-0.3, -0.25) is 4.79 Å². The van der Waals surface area contributed by atoms with Crippen LogP contribution in [-0.4, -0.2) is 51.4 Å². The molecule has 8 heteroatoms. The number of hydrogen-bond donors (Lipinski definition) is 0. The average molecular weight is 482 g/mol. The fourth-order valence-corrected chi connectivity index (χ4v) is 3.95. The van der Waals surface area contributed by atoms with Crippen molar-refractivity contribution in [2.75, 3.05) is 35.0 Å². The molecular weight excluding hydrogens is 450 g/mol. The van der Waals surface area contributed by atoms with Crippen molar-refractivity contribution < 1.29 is 33.3 Å². The van der Waals surface area contributed by atoms with Gasteiger partial charge in [-0.1, -0.05) is 12.1 Å². The molecule has 0 aliphatic rings. The quantitative estimate of drug-likeness (QED) is 0.296. The summed E-state index contributed by atoms with van der Waals surface area (Å²) in [5, 5.41) is 0. The van der Waals surface area contributed by atoms with E-state index in [4.69, 9.17) is 23.7 Å². The van der Waals surface area contributed by atoms with E-state index in [1.807, 2.05) is 44.2 Å². The van der Waals surface area contributed by atoms with Gasteiger partial charge in [-0.25, -0.2) is 4.79 Å². The van der Waals surface area contributed by atoms with Gasteiger partial charge in [-0.05, 0) is 56.2 Å². The third-order valence-corrected chi connectivity index (χ3v) is 5.89. The highest BCUT2D eigenvalue weighted by atomic mass is 16.5. The minimum absolute atomic E-state index is 0.192. The van der Waals surface area contributed by atoms with E-state index in [1.54, 1.807) is 7.11 Å². The fourth-order valence-electron chi connectivity index (χ4n) is 3.95. The summed E-state index contributed by atoms with van der Waals surface area (Å²) in [5.41, 5.74) is 3.71. The van der Waals surface area contributed by atoms with Crippen LogP contribution in [0.1, 0.15) is 37.7 Å². The first kappa shape index (κ1) is 25.7. The van der Waals surface area contributed by atoms with Crippen LogP contribution < -0.4 is 18.9 Å². The summed E-state index contributed by atoms with van der Waals surface area (Å²) in [5.74, 6) is 0.900. The molecule has 0 unspecified atom stereocenters. The highest BCUT2D eigenvalue weighted by Gasteiger charge is 2.21. The van der Waals surface area contributed by atoms with Crippen molar-refractivity contribution in [2.45, 2.75) is 26.8 Å². The van der Waals surface area contributed by atoms with E-state index < -0.39 is 5.97 Å². The zero-order valence-corrected chi connectivity index (χ0v) is 21.0. The Hall–Kier alpha value is -3.94. The topological polar surface area (TPSA) is 85.2 Å². The van der Waals surface area contributed by atoms with Gasteiger partial charge in [0.15, 0.2) is 18.1 Å². The van der Waals surface area contributed by atoms with Crippen molar-refractivity contribution in [1.82, 2.24) is 4.57 Å². The Bertz CT molecular complexity index is 1170. The lowest BCUT2D eigenvalue weighted by molar-refractivity contribution is 0.0474. The monoisotopic (exact) mass is 481 g/mol. The molecule has 0 saturated carbocycles. The number of aromatic nitrogens is 1. The van der Waals surface area contributed by atoms with Gasteiger partial charge in [-0.2, -0.15) is 0 Å². The second-order valence-electron chi connectivity index (χ2n) is 7.95. The van der Waals surface area contributed by atoms with Crippen LogP contribution in [0.3, 0.4) is 0 Å². The van der Waals surface area contributed by atoms with Gasteiger partial charge in [0.2, 0.25) is 11.5 Å². The molecule has 0 aliphatic carbocycles. The summed E-state index contributed by atoms with van der Waals surface area (Å²) in [7, 11) is 6.03. The van der Waals surface area contributed by atoms with Gasteiger partial charge in [0.05, 0.1) is 34.0 Å². The van der Waals surface area contributed by atoms with Crippen LogP contribution in [0.25, 0.3) is 0 Å². The molecule has 0 radical (unpaired) electrons. The first-order valence-electron chi connectivity index (χ1n) is 11.1. The summed E-state index contributed by atoms with van der Waals surface area (Å²) in [6.45, 7) is 4.20. The molecule has 2 aromatic carbocycles. The maximum atomic E-state index is 12.9. The molecule has 0 fully saturated rings. The van der Waals surface area contributed by atoms with Crippen molar-refractivity contribution in [1.29, 1.82) is 0 Å². The van der Waals surface area contributed by atoms with Gasteiger partial charge in [-0.15, -0.1) is 0 Å². The Morgan fingerprint density at radius 2 is 1.46 bits per heavy atom. The molecule has 3 rings (SSSR count). The molecule has 3 aromatic rings. The first-order valence-corrected chi connectivity index (χ1v) is 11.1. The zero-order chi connectivity index (χ0) is 25.5. The van der Waals surface area contributed by atoms with Gasteiger partial charge in [0.1, 0.15) is 5.75 Å². The third kappa shape index (κ3) is 5.77. The van der Waals surface area contributed by atoms with Crippen LogP contribution in [-0.2, 0) is 17.7 Å². The predicted octanol–water partition coefficient (Wildman–Crippen LogP) is 4.42. The number of ketones is 1.